The number of benzene rings is 1. The van der Waals surface area contributed by atoms with Crippen molar-refractivity contribution in [1.82, 2.24) is 20.2 Å². The van der Waals surface area contributed by atoms with Gasteiger partial charge in [-0.1, -0.05) is 11.6 Å². The number of carbonyl (C=O) groups excluding carboxylic acids is 1. The number of carbonyl (C=O) groups is 1. The van der Waals surface area contributed by atoms with E-state index in [-0.39, 0.29) is 5.91 Å². The van der Waals surface area contributed by atoms with Crippen LogP contribution in [0.4, 0.5) is 23.1 Å². The van der Waals surface area contributed by atoms with Crippen molar-refractivity contribution < 1.29 is 4.79 Å². The fourth-order valence-electron chi connectivity index (χ4n) is 2.22. The SMILES string of the molecule is CNc1cc(C)nc(Nc2ccc(Cl)c(C(=O)Nc3ccnnc3)c2)n1. The smallest absolute Gasteiger partial charge is 0.257 e. The van der Waals surface area contributed by atoms with Gasteiger partial charge in [-0.25, -0.2) is 4.98 Å². The minimum Gasteiger partial charge on any atom is -0.373 e. The Labute approximate surface area is 155 Å². The van der Waals surface area contributed by atoms with Gasteiger partial charge in [0.25, 0.3) is 5.91 Å². The molecule has 1 amide bonds. The van der Waals surface area contributed by atoms with Crippen molar-refractivity contribution in [2.75, 3.05) is 23.0 Å². The molecular formula is C17H16ClN7O. The molecule has 2 aromatic heterocycles. The molecule has 1 aromatic carbocycles. The van der Waals surface area contributed by atoms with Gasteiger partial charge in [-0.05, 0) is 31.2 Å². The maximum Gasteiger partial charge on any atom is 0.257 e. The van der Waals surface area contributed by atoms with Gasteiger partial charge in [-0.3, -0.25) is 4.79 Å². The number of hydrogen-bond acceptors (Lipinski definition) is 7. The summed E-state index contributed by atoms with van der Waals surface area (Å²) in [6.45, 7) is 1.87. The van der Waals surface area contributed by atoms with Gasteiger partial charge in [-0.2, -0.15) is 15.2 Å². The van der Waals surface area contributed by atoms with E-state index in [1.165, 1.54) is 12.4 Å². The van der Waals surface area contributed by atoms with Crippen LogP contribution >= 0.6 is 11.6 Å². The summed E-state index contributed by atoms with van der Waals surface area (Å²) in [5, 5.41) is 16.5. The van der Waals surface area contributed by atoms with Crippen molar-refractivity contribution in [2.24, 2.45) is 0 Å². The van der Waals surface area contributed by atoms with Crippen molar-refractivity contribution in [2.45, 2.75) is 6.92 Å². The van der Waals surface area contributed by atoms with Gasteiger partial charge >= 0.3 is 0 Å². The molecule has 0 saturated heterocycles. The largest absolute Gasteiger partial charge is 0.373 e. The van der Waals surface area contributed by atoms with Crippen molar-refractivity contribution >= 4 is 40.6 Å². The molecule has 3 N–H and O–H groups in total. The molecule has 0 aliphatic carbocycles. The summed E-state index contributed by atoms with van der Waals surface area (Å²) in [6, 6.07) is 8.49. The Bertz CT molecular complexity index is 934. The molecule has 0 spiro atoms. The summed E-state index contributed by atoms with van der Waals surface area (Å²) >= 11 is 6.18. The van der Waals surface area contributed by atoms with E-state index in [2.05, 4.69) is 36.1 Å². The van der Waals surface area contributed by atoms with Gasteiger partial charge < -0.3 is 16.0 Å². The third-order valence-corrected chi connectivity index (χ3v) is 3.75. The second kappa shape index (κ2) is 7.75. The zero-order valence-electron chi connectivity index (χ0n) is 14.1. The maximum absolute atomic E-state index is 12.5. The number of anilines is 4. The summed E-state index contributed by atoms with van der Waals surface area (Å²) in [6.07, 6.45) is 2.94. The topological polar surface area (TPSA) is 105 Å². The zero-order valence-corrected chi connectivity index (χ0v) is 14.9. The molecule has 0 aliphatic rings. The Kier molecular flexibility index (Phi) is 5.23. The molecular weight excluding hydrogens is 354 g/mol. The van der Waals surface area contributed by atoms with Crippen LogP contribution in [-0.4, -0.2) is 33.1 Å². The maximum atomic E-state index is 12.5. The van der Waals surface area contributed by atoms with Crippen LogP contribution in [0.2, 0.25) is 5.02 Å². The monoisotopic (exact) mass is 369 g/mol. The molecule has 132 valence electrons. The number of halogens is 1. The molecule has 3 rings (SSSR count). The van der Waals surface area contributed by atoms with E-state index >= 15 is 0 Å². The zero-order chi connectivity index (χ0) is 18.5. The lowest BCUT2D eigenvalue weighted by molar-refractivity contribution is 0.102. The Morgan fingerprint density at radius 3 is 2.65 bits per heavy atom. The quantitative estimate of drug-likeness (QED) is 0.633. The van der Waals surface area contributed by atoms with E-state index in [1.807, 2.05) is 13.0 Å². The number of nitrogens with one attached hydrogen (secondary N) is 3. The van der Waals surface area contributed by atoms with E-state index in [0.717, 1.165) is 5.69 Å². The molecule has 3 aromatic rings. The summed E-state index contributed by atoms with van der Waals surface area (Å²) in [5.41, 5.74) is 2.29. The van der Waals surface area contributed by atoms with E-state index in [4.69, 9.17) is 11.6 Å². The molecule has 0 aliphatic heterocycles. The number of nitrogens with zero attached hydrogens (tertiary/aromatic N) is 4. The number of amides is 1. The van der Waals surface area contributed by atoms with Gasteiger partial charge in [0.05, 0.1) is 28.7 Å². The highest BCUT2D eigenvalue weighted by atomic mass is 35.5. The lowest BCUT2D eigenvalue weighted by Gasteiger charge is -2.11. The Morgan fingerprint density at radius 1 is 1.08 bits per heavy atom. The highest BCUT2D eigenvalue weighted by Crippen LogP contribution is 2.24. The first kappa shape index (κ1) is 17.6. The van der Waals surface area contributed by atoms with Crippen LogP contribution in [0, 0.1) is 6.92 Å². The lowest BCUT2D eigenvalue weighted by atomic mass is 10.2. The summed E-state index contributed by atoms with van der Waals surface area (Å²) in [7, 11) is 1.78. The van der Waals surface area contributed by atoms with Crippen LogP contribution in [0.5, 0.6) is 0 Å². The predicted molar refractivity (Wildman–Crippen MR) is 101 cm³/mol. The Balaban J connectivity index is 1.83. The van der Waals surface area contributed by atoms with E-state index in [0.29, 0.717) is 33.7 Å². The second-order valence-corrected chi connectivity index (χ2v) is 5.78. The molecule has 2 heterocycles. The minimum atomic E-state index is -0.354. The van der Waals surface area contributed by atoms with Crippen LogP contribution in [0.25, 0.3) is 0 Å². The highest BCUT2D eigenvalue weighted by molar-refractivity contribution is 6.34. The normalized spacial score (nSPS) is 10.3. The van der Waals surface area contributed by atoms with Crippen molar-refractivity contribution in [3.8, 4) is 0 Å². The van der Waals surface area contributed by atoms with Gasteiger partial charge in [-0.15, -0.1) is 0 Å². The van der Waals surface area contributed by atoms with E-state index in [1.54, 1.807) is 31.3 Å². The molecule has 8 nitrogen and oxygen atoms in total. The molecule has 0 radical (unpaired) electrons. The van der Waals surface area contributed by atoms with Gasteiger partial charge in [0.1, 0.15) is 5.82 Å². The number of aryl methyl sites for hydroxylation is 1. The molecule has 0 unspecified atom stereocenters. The van der Waals surface area contributed by atoms with Crippen LogP contribution in [-0.2, 0) is 0 Å². The van der Waals surface area contributed by atoms with Crippen LogP contribution in [0.1, 0.15) is 16.1 Å². The van der Waals surface area contributed by atoms with Crippen LogP contribution < -0.4 is 16.0 Å². The number of hydrogen-bond donors (Lipinski definition) is 3. The fourth-order valence-corrected chi connectivity index (χ4v) is 2.43. The first-order chi connectivity index (χ1) is 12.5. The molecule has 0 atom stereocenters. The van der Waals surface area contributed by atoms with Gasteiger partial charge in [0.2, 0.25) is 5.95 Å². The van der Waals surface area contributed by atoms with Crippen molar-refractivity contribution in [3.63, 3.8) is 0 Å². The van der Waals surface area contributed by atoms with Crippen molar-refractivity contribution in [1.29, 1.82) is 0 Å². The Morgan fingerprint density at radius 2 is 1.92 bits per heavy atom. The third-order valence-electron chi connectivity index (χ3n) is 3.42. The van der Waals surface area contributed by atoms with Gasteiger partial charge in [0, 0.05) is 24.5 Å². The molecule has 0 bridgehead atoms. The van der Waals surface area contributed by atoms with Crippen LogP contribution in [0.15, 0.2) is 42.7 Å². The third kappa shape index (κ3) is 4.22. The molecule has 9 heteroatoms. The van der Waals surface area contributed by atoms with E-state index in [9.17, 15) is 4.79 Å². The lowest BCUT2D eigenvalue weighted by Crippen LogP contribution is -2.13. The molecule has 0 saturated carbocycles. The average Bonchev–Trinajstić information content (AvgIpc) is 2.63. The minimum absolute atomic E-state index is 0.315. The highest BCUT2D eigenvalue weighted by Gasteiger charge is 2.13. The summed E-state index contributed by atoms with van der Waals surface area (Å²) < 4.78 is 0. The van der Waals surface area contributed by atoms with Crippen LogP contribution in [0.3, 0.4) is 0 Å². The average molecular weight is 370 g/mol. The summed E-state index contributed by atoms with van der Waals surface area (Å²) in [5.74, 6) is 0.756. The predicted octanol–water partition coefficient (Wildman–Crippen LogP) is 3.27. The molecule has 26 heavy (non-hydrogen) atoms. The first-order valence-electron chi connectivity index (χ1n) is 7.73. The standard InChI is InChI=1S/C17H16ClN7O/c1-10-7-15(19-2)25-17(22-10)24-11-3-4-14(18)13(8-11)16(26)23-12-5-6-20-21-9-12/h3-9H,1-2H3,(H,20,23,26)(H2,19,22,24,25). The number of rotatable bonds is 5. The Hall–Kier alpha value is -3.26. The van der Waals surface area contributed by atoms with Gasteiger partial charge in [0.15, 0.2) is 0 Å². The van der Waals surface area contributed by atoms with E-state index < -0.39 is 0 Å². The number of aromatic nitrogens is 4. The second-order valence-electron chi connectivity index (χ2n) is 5.37. The first-order valence-corrected chi connectivity index (χ1v) is 8.11. The van der Waals surface area contributed by atoms with Crippen molar-refractivity contribution in [3.05, 3.63) is 59.0 Å². The molecule has 0 fully saturated rings. The summed E-state index contributed by atoms with van der Waals surface area (Å²) in [4.78, 5) is 21.1. The fraction of sp³-hybridized carbons (Fsp3) is 0.118.